The first-order valence-corrected chi connectivity index (χ1v) is 11.8. The summed E-state index contributed by atoms with van der Waals surface area (Å²) in [7, 11) is 2.93. The lowest BCUT2D eigenvalue weighted by atomic mass is 10.1. The number of amides is 2. The van der Waals surface area contributed by atoms with Gasteiger partial charge in [0.1, 0.15) is 17.2 Å². The van der Waals surface area contributed by atoms with Crippen LogP contribution in [0.15, 0.2) is 65.2 Å². The minimum Gasteiger partial charge on any atom is -0.507 e. The third-order valence-electron chi connectivity index (χ3n) is 5.60. The third-order valence-corrected chi connectivity index (χ3v) is 5.90. The number of para-hydroxylation sites is 1. The highest BCUT2D eigenvalue weighted by atomic mass is 35.5. The van der Waals surface area contributed by atoms with E-state index in [0.717, 1.165) is 6.07 Å². The Bertz CT molecular complexity index is 1490. The van der Waals surface area contributed by atoms with Gasteiger partial charge in [0.2, 0.25) is 0 Å². The number of nitrogens with one attached hydrogen (secondary N) is 1. The van der Waals surface area contributed by atoms with Gasteiger partial charge in [-0.25, -0.2) is 0 Å². The number of halogens is 1. The monoisotopic (exact) mass is 537 g/mol. The van der Waals surface area contributed by atoms with E-state index < -0.39 is 17.6 Å². The lowest BCUT2D eigenvalue weighted by Gasteiger charge is -2.24. The molecule has 0 spiro atoms. The topological polar surface area (TPSA) is 134 Å². The number of hydrogen-bond donors (Lipinski definition) is 3. The van der Waals surface area contributed by atoms with Gasteiger partial charge in [0.05, 0.1) is 24.8 Å². The van der Waals surface area contributed by atoms with Crippen LogP contribution in [0.3, 0.4) is 0 Å². The van der Waals surface area contributed by atoms with Gasteiger partial charge in [-0.1, -0.05) is 35.0 Å². The molecule has 0 radical (unpaired) electrons. The van der Waals surface area contributed by atoms with Crippen molar-refractivity contribution in [3.05, 3.63) is 76.9 Å². The Kier molecular flexibility index (Phi) is 7.73. The predicted molar refractivity (Wildman–Crippen MR) is 141 cm³/mol. The highest BCUT2D eigenvalue weighted by Gasteiger charge is 2.34. The van der Waals surface area contributed by atoms with Crippen molar-refractivity contribution >= 4 is 34.8 Å². The summed E-state index contributed by atoms with van der Waals surface area (Å²) < 4.78 is 16.2. The van der Waals surface area contributed by atoms with E-state index in [1.165, 1.54) is 31.3 Å². The average Bonchev–Trinajstić information content (AvgIpc) is 3.35. The fourth-order valence-corrected chi connectivity index (χ4v) is 3.98. The molecule has 11 heteroatoms. The maximum absolute atomic E-state index is 14.1. The molecule has 1 heterocycles. The molecule has 4 rings (SSSR count). The van der Waals surface area contributed by atoms with Crippen LogP contribution in [0.5, 0.6) is 23.0 Å². The maximum Gasteiger partial charge on any atom is 0.275 e. The first-order valence-electron chi connectivity index (χ1n) is 11.4. The number of anilines is 2. The summed E-state index contributed by atoms with van der Waals surface area (Å²) in [6.45, 7) is 2.01. The number of methoxy groups -OCH3 is 2. The molecule has 38 heavy (non-hydrogen) atoms. The van der Waals surface area contributed by atoms with Crippen molar-refractivity contribution in [1.82, 2.24) is 10.5 Å². The molecule has 3 aromatic carbocycles. The Morgan fingerprint density at radius 1 is 1.00 bits per heavy atom. The van der Waals surface area contributed by atoms with E-state index in [1.54, 1.807) is 49.4 Å². The summed E-state index contributed by atoms with van der Waals surface area (Å²) in [6.07, 6.45) is 0. The fourth-order valence-electron chi connectivity index (χ4n) is 3.82. The summed E-state index contributed by atoms with van der Waals surface area (Å²) >= 11 is 6.12. The second kappa shape index (κ2) is 11.1. The Morgan fingerprint density at radius 3 is 2.37 bits per heavy atom. The van der Waals surface area contributed by atoms with Crippen LogP contribution in [0.25, 0.3) is 11.3 Å². The van der Waals surface area contributed by atoms with Crippen LogP contribution in [-0.2, 0) is 0 Å². The second-order valence-corrected chi connectivity index (χ2v) is 8.34. The molecule has 2 amide bonds. The number of aromatic hydroxyl groups is 2. The molecule has 1 aromatic heterocycles. The van der Waals surface area contributed by atoms with Crippen LogP contribution in [0.1, 0.15) is 27.8 Å². The van der Waals surface area contributed by atoms with Gasteiger partial charge in [0.25, 0.3) is 11.8 Å². The molecule has 0 bridgehead atoms. The molecule has 0 aliphatic heterocycles. The summed E-state index contributed by atoms with van der Waals surface area (Å²) in [5, 5.41) is 27.1. The van der Waals surface area contributed by atoms with Gasteiger partial charge in [0, 0.05) is 23.9 Å². The number of carbonyl (C=O) groups is 2. The van der Waals surface area contributed by atoms with E-state index in [0.29, 0.717) is 17.2 Å². The highest BCUT2D eigenvalue weighted by Crippen LogP contribution is 2.45. The van der Waals surface area contributed by atoms with Gasteiger partial charge in [-0.3, -0.25) is 14.5 Å². The molecule has 0 aliphatic carbocycles. The molecule has 3 N–H and O–H groups in total. The third kappa shape index (κ3) is 4.94. The molecule has 10 nitrogen and oxygen atoms in total. The zero-order valence-corrected chi connectivity index (χ0v) is 21.4. The summed E-state index contributed by atoms with van der Waals surface area (Å²) in [6, 6.07) is 15.5. The Hall–Kier alpha value is -4.70. The van der Waals surface area contributed by atoms with Gasteiger partial charge < -0.3 is 29.5 Å². The number of carbonyl (C=O) groups excluding carboxylic acids is 2. The van der Waals surface area contributed by atoms with E-state index in [2.05, 4.69) is 10.5 Å². The molecule has 0 saturated carbocycles. The molecular formula is C27H24ClN3O7. The number of rotatable bonds is 8. The van der Waals surface area contributed by atoms with Crippen LogP contribution in [0.4, 0.5) is 11.4 Å². The van der Waals surface area contributed by atoms with Crippen molar-refractivity contribution in [2.45, 2.75) is 6.92 Å². The van der Waals surface area contributed by atoms with Crippen LogP contribution in [0.2, 0.25) is 5.02 Å². The average molecular weight is 538 g/mol. The van der Waals surface area contributed by atoms with Gasteiger partial charge >= 0.3 is 0 Å². The molecule has 0 saturated heterocycles. The fraction of sp³-hybridized carbons (Fsp3) is 0.148. The van der Waals surface area contributed by atoms with Crippen LogP contribution < -0.4 is 19.7 Å². The normalized spacial score (nSPS) is 10.6. The Morgan fingerprint density at radius 2 is 1.71 bits per heavy atom. The highest BCUT2D eigenvalue weighted by molar-refractivity contribution is 6.32. The van der Waals surface area contributed by atoms with Crippen molar-refractivity contribution in [2.75, 3.05) is 25.7 Å². The van der Waals surface area contributed by atoms with Crippen molar-refractivity contribution in [3.63, 3.8) is 0 Å². The summed E-state index contributed by atoms with van der Waals surface area (Å²) in [5.41, 5.74) is 0.342. The standard InChI is InChI=1S/C27H24ClN3O7/c1-4-29-26(34)23-24(25(38-30-23)17-13-18(28)20(33)14-19(17)32)31(16-8-6-5-7-9-16)27(35)15-10-11-21(36-2)22(12-15)37-3/h5-14,32-33H,4H2,1-3H3,(H,29,34). The van der Waals surface area contributed by atoms with Crippen molar-refractivity contribution in [1.29, 1.82) is 0 Å². The van der Waals surface area contributed by atoms with E-state index in [1.807, 2.05) is 0 Å². The van der Waals surface area contributed by atoms with Crippen LogP contribution in [-0.4, -0.2) is 47.9 Å². The number of aromatic nitrogens is 1. The first kappa shape index (κ1) is 26.4. The second-order valence-electron chi connectivity index (χ2n) is 7.94. The summed E-state index contributed by atoms with van der Waals surface area (Å²) in [4.78, 5) is 28.4. The Balaban J connectivity index is 2.01. The van der Waals surface area contributed by atoms with Crippen molar-refractivity contribution in [2.24, 2.45) is 0 Å². The smallest absolute Gasteiger partial charge is 0.275 e. The number of phenols is 2. The summed E-state index contributed by atoms with van der Waals surface area (Å²) in [5.74, 6) is -1.31. The largest absolute Gasteiger partial charge is 0.507 e. The van der Waals surface area contributed by atoms with Gasteiger partial charge in [-0.05, 0) is 43.3 Å². The SMILES string of the molecule is CCNC(=O)c1noc(-c2cc(Cl)c(O)cc2O)c1N(C(=O)c1ccc(OC)c(OC)c1)c1ccccc1. The zero-order valence-electron chi connectivity index (χ0n) is 20.7. The maximum atomic E-state index is 14.1. The molecule has 0 aliphatic rings. The molecular weight excluding hydrogens is 514 g/mol. The lowest BCUT2D eigenvalue weighted by molar-refractivity contribution is 0.0947. The van der Waals surface area contributed by atoms with E-state index in [4.69, 9.17) is 25.6 Å². The molecule has 4 aromatic rings. The molecule has 0 unspecified atom stereocenters. The molecule has 0 atom stereocenters. The quantitative estimate of drug-likeness (QED) is 0.281. The van der Waals surface area contributed by atoms with E-state index in [-0.39, 0.29) is 45.6 Å². The van der Waals surface area contributed by atoms with Gasteiger partial charge in [0.15, 0.2) is 23.0 Å². The number of hydrogen-bond acceptors (Lipinski definition) is 8. The van der Waals surface area contributed by atoms with Gasteiger partial charge in [-0.15, -0.1) is 0 Å². The number of phenolic OH excluding ortho intramolecular Hbond substituents is 2. The van der Waals surface area contributed by atoms with Crippen molar-refractivity contribution < 1.29 is 33.8 Å². The first-order chi connectivity index (χ1) is 18.3. The van der Waals surface area contributed by atoms with E-state index in [9.17, 15) is 19.8 Å². The van der Waals surface area contributed by atoms with Crippen LogP contribution in [0, 0.1) is 0 Å². The number of benzene rings is 3. The lowest BCUT2D eigenvalue weighted by Crippen LogP contribution is -2.30. The minimum absolute atomic E-state index is 0.00638. The predicted octanol–water partition coefficient (Wildman–Crippen LogP) is 5.15. The van der Waals surface area contributed by atoms with Crippen molar-refractivity contribution in [3.8, 4) is 34.3 Å². The van der Waals surface area contributed by atoms with E-state index >= 15 is 0 Å². The Labute approximate surface area is 223 Å². The molecule has 0 fully saturated rings. The molecule has 196 valence electrons. The number of nitrogens with zero attached hydrogens (tertiary/aromatic N) is 2. The number of ether oxygens (including phenoxy) is 2. The minimum atomic E-state index is -0.608. The zero-order chi connectivity index (χ0) is 27.4. The van der Waals surface area contributed by atoms with Gasteiger partial charge in [-0.2, -0.15) is 0 Å². The van der Waals surface area contributed by atoms with Crippen LogP contribution >= 0.6 is 11.6 Å².